The molecule has 1 N–H and O–H groups in total. The van der Waals surface area contributed by atoms with Crippen LogP contribution < -0.4 is 5.32 Å². The van der Waals surface area contributed by atoms with Gasteiger partial charge in [0, 0.05) is 11.6 Å². The Morgan fingerprint density at radius 1 is 1.45 bits per heavy atom. The predicted molar refractivity (Wildman–Crippen MR) is 67.6 cm³/mol. The summed E-state index contributed by atoms with van der Waals surface area (Å²) in [7, 11) is 0. The Labute approximate surface area is 113 Å². The van der Waals surface area contributed by atoms with Crippen LogP contribution in [0.5, 0.6) is 0 Å². The summed E-state index contributed by atoms with van der Waals surface area (Å²) in [5.41, 5.74) is -0.722. The van der Waals surface area contributed by atoms with E-state index in [9.17, 15) is 19.3 Å². The highest BCUT2D eigenvalue weighted by molar-refractivity contribution is 5.95. The standard InChI is InChI=1S/C13H11FN2O4/c1-8(12-3-2-6-20-12)15-13(17)9-4-5-10(14)11(7-9)16(18)19/h2-8H,1H3,(H,15,17). The van der Waals surface area contributed by atoms with Crippen molar-refractivity contribution in [3.63, 3.8) is 0 Å². The first-order chi connectivity index (χ1) is 9.49. The van der Waals surface area contributed by atoms with Crippen LogP contribution in [0.2, 0.25) is 0 Å². The number of halogens is 1. The molecule has 0 saturated carbocycles. The van der Waals surface area contributed by atoms with Crippen molar-refractivity contribution >= 4 is 11.6 Å². The fourth-order valence-electron chi connectivity index (χ4n) is 1.68. The number of furan rings is 1. The van der Waals surface area contributed by atoms with Crippen LogP contribution >= 0.6 is 0 Å². The van der Waals surface area contributed by atoms with E-state index in [1.54, 1.807) is 19.1 Å². The summed E-state index contributed by atoms with van der Waals surface area (Å²) >= 11 is 0. The first-order valence-corrected chi connectivity index (χ1v) is 5.77. The number of rotatable bonds is 4. The third kappa shape index (κ3) is 2.82. The van der Waals surface area contributed by atoms with Crippen molar-refractivity contribution in [3.05, 3.63) is 63.9 Å². The lowest BCUT2D eigenvalue weighted by molar-refractivity contribution is -0.387. The summed E-state index contributed by atoms with van der Waals surface area (Å²) < 4.78 is 18.3. The van der Waals surface area contributed by atoms with Gasteiger partial charge in [0.25, 0.3) is 5.91 Å². The van der Waals surface area contributed by atoms with Gasteiger partial charge < -0.3 is 9.73 Å². The number of benzene rings is 1. The number of hydrogen-bond acceptors (Lipinski definition) is 4. The topological polar surface area (TPSA) is 85.4 Å². The van der Waals surface area contributed by atoms with E-state index in [2.05, 4.69) is 5.32 Å². The number of carbonyl (C=O) groups excluding carboxylic acids is 1. The molecule has 0 aliphatic heterocycles. The minimum absolute atomic E-state index is 0.0107. The molecule has 1 amide bonds. The molecule has 104 valence electrons. The molecule has 6 nitrogen and oxygen atoms in total. The molecule has 0 radical (unpaired) electrons. The van der Waals surface area contributed by atoms with Crippen molar-refractivity contribution in [3.8, 4) is 0 Å². The van der Waals surface area contributed by atoms with E-state index in [-0.39, 0.29) is 5.56 Å². The molecule has 1 aromatic heterocycles. The first kappa shape index (κ1) is 13.7. The Kier molecular flexibility index (Phi) is 3.79. The van der Waals surface area contributed by atoms with Gasteiger partial charge in [-0.25, -0.2) is 0 Å². The highest BCUT2D eigenvalue weighted by Gasteiger charge is 2.19. The normalized spacial score (nSPS) is 11.9. The van der Waals surface area contributed by atoms with Crippen LogP contribution in [0.3, 0.4) is 0 Å². The average Bonchev–Trinajstić information content (AvgIpc) is 2.92. The number of nitro groups is 1. The molecule has 1 atom stereocenters. The van der Waals surface area contributed by atoms with Crippen molar-refractivity contribution < 1.29 is 18.5 Å². The Hall–Kier alpha value is -2.70. The van der Waals surface area contributed by atoms with Crippen LogP contribution in [0.4, 0.5) is 10.1 Å². The van der Waals surface area contributed by atoms with Gasteiger partial charge in [0.2, 0.25) is 5.82 Å². The van der Waals surface area contributed by atoms with Gasteiger partial charge in [-0.3, -0.25) is 14.9 Å². The van der Waals surface area contributed by atoms with Crippen LogP contribution in [0.1, 0.15) is 29.1 Å². The summed E-state index contributed by atoms with van der Waals surface area (Å²) in [4.78, 5) is 21.7. The van der Waals surface area contributed by atoms with Crippen LogP contribution in [0.15, 0.2) is 41.0 Å². The van der Waals surface area contributed by atoms with Gasteiger partial charge >= 0.3 is 5.69 Å². The molecule has 2 rings (SSSR count). The first-order valence-electron chi connectivity index (χ1n) is 5.77. The fraction of sp³-hybridized carbons (Fsp3) is 0.154. The molecular formula is C13H11FN2O4. The molecular weight excluding hydrogens is 267 g/mol. The maximum atomic E-state index is 13.2. The highest BCUT2D eigenvalue weighted by atomic mass is 19.1. The van der Waals surface area contributed by atoms with Gasteiger partial charge in [0.1, 0.15) is 5.76 Å². The summed E-state index contributed by atoms with van der Waals surface area (Å²) in [6, 6.07) is 5.96. The molecule has 0 aliphatic carbocycles. The smallest absolute Gasteiger partial charge is 0.305 e. The molecule has 1 unspecified atom stereocenters. The zero-order chi connectivity index (χ0) is 14.7. The lowest BCUT2D eigenvalue weighted by Crippen LogP contribution is -2.26. The number of hydrogen-bond donors (Lipinski definition) is 1. The molecule has 0 saturated heterocycles. The number of nitrogens with one attached hydrogen (secondary N) is 1. The second-order valence-electron chi connectivity index (χ2n) is 4.13. The molecule has 1 heterocycles. The monoisotopic (exact) mass is 278 g/mol. The third-order valence-electron chi connectivity index (χ3n) is 2.72. The van der Waals surface area contributed by atoms with Gasteiger partial charge in [-0.15, -0.1) is 0 Å². The Bertz CT molecular complexity index is 640. The van der Waals surface area contributed by atoms with Gasteiger partial charge in [-0.05, 0) is 31.2 Å². The van der Waals surface area contributed by atoms with Crippen LogP contribution in [-0.4, -0.2) is 10.8 Å². The average molecular weight is 278 g/mol. The lowest BCUT2D eigenvalue weighted by atomic mass is 10.1. The largest absolute Gasteiger partial charge is 0.467 e. The van der Waals surface area contributed by atoms with Crippen molar-refractivity contribution in [1.29, 1.82) is 0 Å². The van der Waals surface area contributed by atoms with Crippen LogP contribution in [-0.2, 0) is 0 Å². The van der Waals surface area contributed by atoms with Gasteiger partial charge in [0.05, 0.1) is 17.2 Å². The van der Waals surface area contributed by atoms with Crippen LogP contribution in [0.25, 0.3) is 0 Å². The maximum Gasteiger partial charge on any atom is 0.305 e. The van der Waals surface area contributed by atoms with Crippen molar-refractivity contribution in [2.24, 2.45) is 0 Å². The summed E-state index contributed by atoms with van der Waals surface area (Å²) in [6.45, 7) is 1.70. The molecule has 0 aliphatic rings. The van der Waals surface area contributed by atoms with Gasteiger partial charge in [-0.2, -0.15) is 4.39 Å². The van der Waals surface area contributed by atoms with Crippen molar-refractivity contribution in [2.75, 3.05) is 0 Å². The minimum Gasteiger partial charge on any atom is -0.467 e. The lowest BCUT2D eigenvalue weighted by Gasteiger charge is -2.11. The van der Waals surface area contributed by atoms with E-state index in [0.717, 1.165) is 12.1 Å². The second-order valence-corrected chi connectivity index (χ2v) is 4.13. The Balaban J connectivity index is 2.17. The zero-order valence-electron chi connectivity index (χ0n) is 10.5. The summed E-state index contributed by atoms with van der Waals surface area (Å²) in [6.07, 6.45) is 1.47. The molecule has 0 spiro atoms. The number of nitrogens with zero attached hydrogens (tertiary/aromatic N) is 1. The highest BCUT2D eigenvalue weighted by Crippen LogP contribution is 2.19. The van der Waals surface area contributed by atoms with E-state index in [0.29, 0.717) is 5.76 Å². The Morgan fingerprint density at radius 3 is 2.80 bits per heavy atom. The Morgan fingerprint density at radius 2 is 2.20 bits per heavy atom. The van der Waals surface area contributed by atoms with E-state index >= 15 is 0 Å². The SMILES string of the molecule is CC(NC(=O)c1ccc(F)c([N+](=O)[O-])c1)c1ccco1. The van der Waals surface area contributed by atoms with Gasteiger partial charge in [-0.1, -0.05) is 0 Å². The summed E-state index contributed by atoms with van der Waals surface area (Å²) in [5, 5.41) is 13.2. The van der Waals surface area contributed by atoms with Crippen LogP contribution in [0, 0.1) is 15.9 Å². The summed E-state index contributed by atoms with van der Waals surface area (Å²) in [5.74, 6) is -0.974. The van der Waals surface area contributed by atoms with Gasteiger partial charge in [0.15, 0.2) is 0 Å². The number of nitro benzene ring substituents is 1. The van der Waals surface area contributed by atoms with Crippen molar-refractivity contribution in [2.45, 2.75) is 13.0 Å². The van der Waals surface area contributed by atoms with E-state index < -0.39 is 28.4 Å². The predicted octanol–water partition coefficient (Wildman–Crippen LogP) is 2.82. The molecule has 0 bridgehead atoms. The molecule has 20 heavy (non-hydrogen) atoms. The molecule has 2 aromatic rings. The molecule has 7 heteroatoms. The molecule has 0 fully saturated rings. The fourth-order valence-corrected chi connectivity index (χ4v) is 1.68. The zero-order valence-corrected chi connectivity index (χ0v) is 10.5. The number of carbonyl (C=O) groups is 1. The van der Waals surface area contributed by atoms with E-state index in [1.165, 1.54) is 12.3 Å². The van der Waals surface area contributed by atoms with Crippen molar-refractivity contribution in [1.82, 2.24) is 5.32 Å². The quantitative estimate of drug-likeness (QED) is 0.688. The molecule has 1 aromatic carbocycles. The minimum atomic E-state index is -0.981. The van der Waals surface area contributed by atoms with E-state index in [4.69, 9.17) is 4.42 Å². The number of amides is 1. The maximum absolute atomic E-state index is 13.2. The van der Waals surface area contributed by atoms with E-state index in [1.807, 2.05) is 0 Å². The third-order valence-corrected chi connectivity index (χ3v) is 2.72. The second kappa shape index (κ2) is 5.52.